The molecule has 0 aliphatic carbocycles. The van der Waals surface area contributed by atoms with Crippen molar-refractivity contribution < 1.29 is 19.5 Å². The first-order valence-electron chi connectivity index (χ1n) is 9.07. The van der Waals surface area contributed by atoms with E-state index in [1.54, 1.807) is 37.3 Å². The Morgan fingerprint density at radius 2 is 1.62 bits per heavy atom. The highest BCUT2D eigenvalue weighted by Gasteiger charge is 2.23. The quantitative estimate of drug-likeness (QED) is 0.326. The van der Waals surface area contributed by atoms with Crippen molar-refractivity contribution in [2.24, 2.45) is 0 Å². The fourth-order valence-corrected chi connectivity index (χ4v) is 2.98. The lowest BCUT2D eigenvalue weighted by Crippen LogP contribution is -2.14. The Morgan fingerprint density at radius 3 is 2.24 bits per heavy atom. The molecule has 4 heteroatoms. The van der Waals surface area contributed by atoms with Gasteiger partial charge in [0.1, 0.15) is 0 Å². The molecule has 2 aromatic carbocycles. The van der Waals surface area contributed by atoms with E-state index in [1.165, 1.54) is 6.08 Å². The van der Waals surface area contributed by atoms with Crippen LogP contribution in [0.4, 0.5) is 0 Å². The van der Waals surface area contributed by atoms with Crippen LogP contribution in [-0.4, -0.2) is 22.6 Å². The van der Waals surface area contributed by atoms with Crippen LogP contribution in [0.15, 0.2) is 65.8 Å². The Labute approximate surface area is 170 Å². The Bertz CT molecular complexity index is 1080. The summed E-state index contributed by atoms with van der Waals surface area (Å²) in [4.78, 5) is 37.5. The molecule has 2 rings (SSSR count). The maximum Gasteiger partial charge on any atom is 0.336 e. The van der Waals surface area contributed by atoms with Gasteiger partial charge in [-0.15, -0.1) is 6.42 Å². The summed E-state index contributed by atoms with van der Waals surface area (Å²) in [5.74, 6) is 0.200. The van der Waals surface area contributed by atoms with Gasteiger partial charge in [0, 0.05) is 23.1 Å². The Hall–Kier alpha value is -3.71. The molecule has 0 heterocycles. The Kier molecular flexibility index (Phi) is 7.05. The fraction of sp³-hybridized carbons (Fsp3) is 0.160. The second-order valence-corrected chi connectivity index (χ2v) is 6.74. The molecular formula is C25H22O4. The van der Waals surface area contributed by atoms with Crippen LogP contribution in [0.25, 0.3) is 0 Å². The first-order chi connectivity index (χ1) is 13.8. The average molecular weight is 386 g/mol. The molecule has 1 N–H and O–H groups in total. The second kappa shape index (κ2) is 9.48. The average Bonchev–Trinajstić information content (AvgIpc) is 2.68. The number of rotatable bonds is 7. The first kappa shape index (κ1) is 21.6. The molecule has 2 aromatic rings. The predicted octanol–water partition coefficient (Wildman–Crippen LogP) is 4.64. The van der Waals surface area contributed by atoms with Gasteiger partial charge < -0.3 is 5.11 Å². The van der Waals surface area contributed by atoms with E-state index >= 15 is 0 Å². The summed E-state index contributed by atoms with van der Waals surface area (Å²) in [6.45, 7) is 5.46. The van der Waals surface area contributed by atoms with Crippen molar-refractivity contribution in [3.8, 4) is 12.3 Å². The molecule has 0 bridgehead atoms. The van der Waals surface area contributed by atoms with Crippen molar-refractivity contribution in [1.82, 2.24) is 0 Å². The molecule has 0 atom stereocenters. The zero-order valence-electron chi connectivity index (χ0n) is 16.7. The number of terminal acetylenes is 1. The summed E-state index contributed by atoms with van der Waals surface area (Å²) in [5.41, 5.74) is 2.93. The number of ketones is 2. The summed E-state index contributed by atoms with van der Waals surface area (Å²) in [6.07, 6.45) is 7.57. The van der Waals surface area contributed by atoms with Crippen LogP contribution in [-0.2, 0) is 4.79 Å². The lowest BCUT2D eigenvalue weighted by Gasteiger charge is -2.10. The Balaban J connectivity index is 2.43. The van der Waals surface area contributed by atoms with Crippen LogP contribution in [0.5, 0.6) is 0 Å². The summed E-state index contributed by atoms with van der Waals surface area (Å²) < 4.78 is 0. The lowest BCUT2D eigenvalue weighted by atomic mass is 9.92. The molecule has 0 unspecified atom stereocenters. The number of benzene rings is 2. The zero-order chi connectivity index (χ0) is 21.6. The van der Waals surface area contributed by atoms with Gasteiger partial charge in [0.05, 0.1) is 5.57 Å². The SMILES string of the molecule is C#C/C=C(C(=O)c1ccccc1C)\C(=C/CC(=O)c1cc(C)ccc1C)C(=O)O. The minimum absolute atomic E-state index is 0.122. The Morgan fingerprint density at radius 1 is 0.966 bits per heavy atom. The molecule has 0 aliphatic rings. The molecule has 0 aromatic heterocycles. The molecule has 4 nitrogen and oxygen atoms in total. The minimum Gasteiger partial charge on any atom is -0.478 e. The van der Waals surface area contributed by atoms with Gasteiger partial charge >= 0.3 is 5.97 Å². The number of Topliss-reactive ketones (excluding diaryl/α,β-unsaturated/α-hetero) is 2. The molecule has 0 aliphatic heterocycles. The van der Waals surface area contributed by atoms with Crippen LogP contribution in [0.3, 0.4) is 0 Å². The van der Waals surface area contributed by atoms with E-state index in [4.69, 9.17) is 6.42 Å². The van der Waals surface area contributed by atoms with Crippen molar-refractivity contribution in [3.05, 3.63) is 93.6 Å². The van der Waals surface area contributed by atoms with Crippen LogP contribution < -0.4 is 0 Å². The van der Waals surface area contributed by atoms with E-state index in [2.05, 4.69) is 5.92 Å². The van der Waals surface area contributed by atoms with Crippen molar-refractivity contribution >= 4 is 17.5 Å². The molecule has 0 saturated heterocycles. The van der Waals surface area contributed by atoms with Crippen molar-refractivity contribution in [3.63, 3.8) is 0 Å². The summed E-state index contributed by atoms with van der Waals surface area (Å²) >= 11 is 0. The third-order valence-corrected chi connectivity index (χ3v) is 4.57. The number of hydrogen-bond acceptors (Lipinski definition) is 3. The van der Waals surface area contributed by atoms with Crippen LogP contribution in [0.1, 0.15) is 43.8 Å². The lowest BCUT2D eigenvalue weighted by molar-refractivity contribution is -0.132. The standard InChI is InChI=1S/C25H22O4/c1-5-8-20(24(27)19-10-7-6-9-17(19)3)21(25(28)29)13-14-23(26)22-15-16(2)11-12-18(22)4/h1,6-13,15H,14H2,2-4H3,(H,28,29)/b20-8+,21-13+. The maximum atomic E-state index is 13.0. The summed E-state index contributed by atoms with van der Waals surface area (Å²) in [6, 6.07) is 12.4. The van der Waals surface area contributed by atoms with Crippen molar-refractivity contribution in [2.75, 3.05) is 0 Å². The van der Waals surface area contributed by atoms with E-state index in [0.29, 0.717) is 16.7 Å². The number of carboxylic acid groups (broad SMARTS) is 1. The van der Waals surface area contributed by atoms with Crippen molar-refractivity contribution in [1.29, 1.82) is 0 Å². The number of hydrogen-bond donors (Lipinski definition) is 1. The number of aliphatic carboxylic acids is 1. The van der Waals surface area contributed by atoms with Gasteiger partial charge in [-0.3, -0.25) is 9.59 Å². The summed E-state index contributed by atoms with van der Waals surface area (Å²) in [7, 11) is 0. The molecule has 0 saturated carbocycles. The van der Waals surface area contributed by atoms with Gasteiger partial charge in [-0.05, 0) is 44.0 Å². The normalized spacial score (nSPS) is 11.7. The van der Waals surface area contributed by atoms with Gasteiger partial charge in [-0.25, -0.2) is 4.79 Å². The van der Waals surface area contributed by atoms with E-state index < -0.39 is 11.8 Å². The van der Waals surface area contributed by atoms with E-state index in [0.717, 1.165) is 17.2 Å². The molecule has 29 heavy (non-hydrogen) atoms. The number of aryl methyl sites for hydroxylation is 3. The van der Waals surface area contributed by atoms with E-state index in [9.17, 15) is 19.5 Å². The predicted molar refractivity (Wildman–Crippen MR) is 113 cm³/mol. The van der Waals surface area contributed by atoms with Gasteiger partial charge in [0.25, 0.3) is 0 Å². The zero-order valence-corrected chi connectivity index (χ0v) is 16.7. The minimum atomic E-state index is -1.32. The molecule has 0 radical (unpaired) electrons. The number of carbonyl (C=O) groups is 3. The molecule has 146 valence electrons. The van der Waals surface area contributed by atoms with Crippen LogP contribution in [0, 0.1) is 33.1 Å². The molecular weight excluding hydrogens is 364 g/mol. The molecule has 0 spiro atoms. The maximum absolute atomic E-state index is 13.0. The smallest absolute Gasteiger partial charge is 0.336 e. The van der Waals surface area contributed by atoms with Crippen LogP contribution in [0.2, 0.25) is 0 Å². The summed E-state index contributed by atoms with van der Waals surface area (Å²) in [5, 5.41) is 9.68. The van der Waals surface area contributed by atoms with Gasteiger partial charge in [-0.1, -0.05) is 54.0 Å². The van der Waals surface area contributed by atoms with E-state index in [1.807, 2.05) is 26.0 Å². The van der Waals surface area contributed by atoms with Crippen molar-refractivity contribution in [2.45, 2.75) is 27.2 Å². The van der Waals surface area contributed by atoms with Gasteiger partial charge in [0.15, 0.2) is 11.6 Å². The second-order valence-electron chi connectivity index (χ2n) is 6.74. The number of carboxylic acids is 1. The molecule has 0 fully saturated rings. The van der Waals surface area contributed by atoms with Crippen LogP contribution >= 0.6 is 0 Å². The third-order valence-electron chi connectivity index (χ3n) is 4.57. The largest absolute Gasteiger partial charge is 0.478 e. The first-order valence-corrected chi connectivity index (χ1v) is 9.07. The third kappa shape index (κ3) is 5.18. The number of carbonyl (C=O) groups excluding carboxylic acids is 2. The topological polar surface area (TPSA) is 71.4 Å². The highest BCUT2D eigenvalue weighted by molar-refractivity contribution is 6.18. The number of allylic oxidation sites excluding steroid dienone is 2. The monoisotopic (exact) mass is 386 g/mol. The fourth-order valence-electron chi connectivity index (χ4n) is 2.98. The highest BCUT2D eigenvalue weighted by Crippen LogP contribution is 2.21. The molecule has 0 amide bonds. The van der Waals surface area contributed by atoms with Gasteiger partial charge in [-0.2, -0.15) is 0 Å². The highest BCUT2D eigenvalue weighted by atomic mass is 16.4. The van der Waals surface area contributed by atoms with E-state index in [-0.39, 0.29) is 23.4 Å². The van der Waals surface area contributed by atoms with Gasteiger partial charge in [0.2, 0.25) is 0 Å².